The molecule has 4 rings (SSSR count). The molecule has 2 N–H and O–H groups in total. The fraction of sp³-hybridized carbons (Fsp3) is 0.250. The molecule has 1 unspecified atom stereocenters. The van der Waals surface area contributed by atoms with Crippen molar-refractivity contribution in [2.24, 2.45) is 5.92 Å². The highest BCUT2D eigenvalue weighted by atomic mass is 32.1. The van der Waals surface area contributed by atoms with Crippen LogP contribution in [0.2, 0.25) is 0 Å². The molecule has 0 radical (unpaired) electrons. The average molecular weight is 449 g/mol. The number of ketones is 1. The van der Waals surface area contributed by atoms with Gasteiger partial charge in [0, 0.05) is 31.3 Å². The van der Waals surface area contributed by atoms with E-state index in [0.717, 1.165) is 17.7 Å². The second-order valence-electron chi connectivity index (χ2n) is 7.69. The highest BCUT2D eigenvalue weighted by Gasteiger charge is 2.29. The molecular weight excluding hydrogens is 424 g/mol. The molecule has 2 heterocycles. The topological polar surface area (TPSA) is 91.4 Å². The van der Waals surface area contributed by atoms with Gasteiger partial charge in [0.1, 0.15) is 0 Å². The maximum Gasteiger partial charge on any atom is 0.321 e. The summed E-state index contributed by atoms with van der Waals surface area (Å²) in [6.45, 7) is 2.43. The third-order valence-electron chi connectivity index (χ3n) is 5.33. The van der Waals surface area contributed by atoms with Crippen molar-refractivity contribution in [2.45, 2.75) is 19.8 Å². The van der Waals surface area contributed by atoms with Gasteiger partial charge in [-0.25, -0.2) is 9.78 Å². The lowest BCUT2D eigenvalue weighted by Gasteiger charge is -2.31. The van der Waals surface area contributed by atoms with Gasteiger partial charge in [-0.2, -0.15) is 0 Å². The van der Waals surface area contributed by atoms with E-state index >= 15 is 0 Å². The van der Waals surface area contributed by atoms with Crippen LogP contribution in [0, 0.1) is 5.92 Å². The maximum absolute atomic E-state index is 12.9. The number of carbonyl (C=O) groups excluding carboxylic acids is 3. The Morgan fingerprint density at radius 2 is 1.69 bits per heavy atom. The van der Waals surface area contributed by atoms with Gasteiger partial charge >= 0.3 is 6.03 Å². The molecule has 0 bridgehead atoms. The number of likely N-dealkylation sites (tertiary alicyclic amines) is 1. The van der Waals surface area contributed by atoms with Crippen molar-refractivity contribution in [3.8, 4) is 11.3 Å². The molecule has 164 valence electrons. The quantitative estimate of drug-likeness (QED) is 0.544. The Bertz CT molecular complexity index is 1110. The number of thiazole rings is 1. The lowest BCUT2D eigenvalue weighted by atomic mass is 9.97. The Morgan fingerprint density at radius 3 is 2.38 bits per heavy atom. The van der Waals surface area contributed by atoms with E-state index in [-0.39, 0.29) is 23.6 Å². The number of hydrogen-bond donors (Lipinski definition) is 2. The molecule has 1 aromatic heterocycles. The minimum atomic E-state index is -0.338. The SMILES string of the molecule is CC(=O)c1sc(NC(=O)C2CCCN(C(=O)Nc3ccccc3)C2)nc1-c1ccccc1. The largest absolute Gasteiger partial charge is 0.324 e. The number of hydrogen-bond acceptors (Lipinski definition) is 5. The Hall–Kier alpha value is -3.52. The van der Waals surface area contributed by atoms with Crippen molar-refractivity contribution in [1.82, 2.24) is 9.88 Å². The van der Waals surface area contributed by atoms with Crippen molar-refractivity contribution in [3.05, 3.63) is 65.5 Å². The summed E-state index contributed by atoms with van der Waals surface area (Å²) in [6, 6.07) is 18.5. The van der Waals surface area contributed by atoms with E-state index in [9.17, 15) is 14.4 Å². The van der Waals surface area contributed by atoms with Gasteiger partial charge in [0.15, 0.2) is 10.9 Å². The predicted octanol–water partition coefficient (Wildman–Crippen LogP) is 4.90. The standard InChI is InChI=1S/C24H24N4O3S/c1-16(29)21-20(17-9-4-2-5-10-17)26-23(32-21)27-22(30)18-11-8-14-28(15-18)24(31)25-19-12-6-3-7-13-19/h2-7,9-10,12-13,18H,8,11,14-15H2,1H3,(H,25,31)(H,26,27,30). The van der Waals surface area contributed by atoms with Crippen LogP contribution in [0.25, 0.3) is 11.3 Å². The van der Waals surface area contributed by atoms with Crippen molar-refractivity contribution in [3.63, 3.8) is 0 Å². The summed E-state index contributed by atoms with van der Waals surface area (Å²) in [6.07, 6.45) is 1.43. The van der Waals surface area contributed by atoms with Crippen LogP contribution in [-0.4, -0.2) is 40.7 Å². The first-order valence-electron chi connectivity index (χ1n) is 10.5. The first-order valence-corrected chi connectivity index (χ1v) is 11.3. The van der Waals surface area contributed by atoms with Gasteiger partial charge in [-0.05, 0) is 25.0 Å². The van der Waals surface area contributed by atoms with Crippen LogP contribution in [-0.2, 0) is 4.79 Å². The molecule has 1 saturated heterocycles. The van der Waals surface area contributed by atoms with Crippen LogP contribution in [0.15, 0.2) is 60.7 Å². The normalized spacial score (nSPS) is 15.8. The summed E-state index contributed by atoms with van der Waals surface area (Å²) in [5, 5.41) is 6.13. The lowest BCUT2D eigenvalue weighted by molar-refractivity contribution is -0.121. The minimum Gasteiger partial charge on any atom is -0.324 e. The maximum atomic E-state index is 12.9. The summed E-state index contributed by atoms with van der Waals surface area (Å²) in [5.41, 5.74) is 2.12. The van der Waals surface area contributed by atoms with Crippen LogP contribution >= 0.6 is 11.3 Å². The molecule has 3 aromatic rings. The van der Waals surface area contributed by atoms with Gasteiger partial charge in [0.25, 0.3) is 0 Å². The molecule has 0 saturated carbocycles. The van der Waals surface area contributed by atoms with E-state index in [4.69, 9.17) is 0 Å². The fourth-order valence-corrected chi connectivity index (χ4v) is 4.60. The molecule has 0 aliphatic carbocycles. The molecule has 1 atom stereocenters. The molecule has 1 aliphatic heterocycles. The smallest absolute Gasteiger partial charge is 0.321 e. The van der Waals surface area contributed by atoms with E-state index in [1.807, 2.05) is 60.7 Å². The number of para-hydroxylation sites is 1. The van der Waals surface area contributed by atoms with Gasteiger partial charge in [-0.1, -0.05) is 59.9 Å². The summed E-state index contributed by atoms with van der Waals surface area (Å²) in [5.74, 6) is -0.621. The third-order valence-corrected chi connectivity index (χ3v) is 6.40. The molecule has 1 fully saturated rings. The lowest BCUT2D eigenvalue weighted by Crippen LogP contribution is -2.45. The number of rotatable bonds is 5. The van der Waals surface area contributed by atoms with E-state index in [0.29, 0.717) is 35.2 Å². The number of piperidine rings is 1. The van der Waals surface area contributed by atoms with Crippen LogP contribution < -0.4 is 10.6 Å². The van der Waals surface area contributed by atoms with Crippen molar-refractivity contribution >= 4 is 39.9 Å². The second kappa shape index (κ2) is 9.74. The van der Waals surface area contributed by atoms with E-state index < -0.39 is 0 Å². The number of nitrogens with one attached hydrogen (secondary N) is 2. The molecule has 32 heavy (non-hydrogen) atoms. The zero-order valence-corrected chi connectivity index (χ0v) is 18.5. The fourth-order valence-electron chi connectivity index (χ4n) is 3.71. The summed E-state index contributed by atoms with van der Waals surface area (Å²) in [7, 11) is 0. The second-order valence-corrected chi connectivity index (χ2v) is 8.69. The monoisotopic (exact) mass is 448 g/mol. The Kier molecular flexibility index (Phi) is 6.61. The number of aromatic nitrogens is 1. The van der Waals surface area contributed by atoms with Crippen LogP contribution in [0.5, 0.6) is 0 Å². The summed E-state index contributed by atoms with van der Waals surface area (Å²) >= 11 is 1.18. The molecule has 3 amide bonds. The van der Waals surface area contributed by atoms with Crippen molar-refractivity contribution < 1.29 is 14.4 Å². The van der Waals surface area contributed by atoms with E-state index in [1.165, 1.54) is 18.3 Å². The number of urea groups is 1. The molecule has 8 heteroatoms. The Balaban J connectivity index is 1.43. The van der Waals surface area contributed by atoms with Gasteiger partial charge in [-0.15, -0.1) is 0 Å². The summed E-state index contributed by atoms with van der Waals surface area (Å²) in [4.78, 5) is 44.4. The first kappa shape index (κ1) is 21.7. The number of benzene rings is 2. The average Bonchev–Trinajstić information content (AvgIpc) is 3.24. The van der Waals surface area contributed by atoms with Crippen molar-refractivity contribution in [2.75, 3.05) is 23.7 Å². The molecule has 1 aliphatic rings. The highest BCUT2D eigenvalue weighted by Crippen LogP contribution is 2.32. The number of carbonyl (C=O) groups is 3. The first-order chi connectivity index (χ1) is 15.5. The highest BCUT2D eigenvalue weighted by molar-refractivity contribution is 7.18. The molecular formula is C24H24N4O3S. The molecule has 7 nitrogen and oxygen atoms in total. The zero-order chi connectivity index (χ0) is 22.5. The predicted molar refractivity (Wildman–Crippen MR) is 126 cm³/mol. The van der Waals surface area contributed by atoms with E-state index in [1.54, 1.807) is 4.90 Å². The van der Waals surface area contributed by atoms with E-state index in [2.05, 4.69) is 15.6 Å². The van der Waals surface area contributed by atoms with Crippen LogP contribution in [0.3, 0.4) is 0 Å². The third kappa shape index (κ3) is 5.03. The van der Waals surface area contributed by atoms with Crippen LogP contribution in [0.1, 0.15) is 29.4 Å². The summed E-state index contributed by atoms with van der Waals surface area (Å²) < 4.78 is 0. The van der Waals surface area contributed by atoms with Gasteiger partial charge in [-0.3, -0.25) is 9.59 Å². The van der Waals surface area contributed by atoms with Gasteiger partial charge in [0.05, 0.1) is 16.5 Å². The Labute approximate surface area is 190 Å². The molecule has 0 spiro atoms. The Morgan fingerprint density at radius 1 is 1.00 bits per heavy atom. The van der Waals surface area contributed by atoms with Gasteiger partial charge < -0.3 is 15.5 Å². The van der Waals surface area contributed by atoms with Gasteiger partial charge in [0.2, 0.25) is 5.91 Å². The number of Topliss-reactive ketones (excluding diaryl/α,β-unsaturated/α-hetero) is 1. The zero-order valence-electron chi connectivity index (χ0n) is 17.7. The van der Waals surface area contributed by atoms with Crippen molar-refractivity contribution in [1.29, 1.82) is 0 Å². The number of nitrogens with zero attached hydrogens (tertiary/aromatic N) is 2. The minimum absolute atomic E-state index is 0.0942. The number of anilines is 2. The molecule has 2 aromatic carbocycles. The number of amides is 3. The van der Waals surface area contributed by atoms with Crippen LogP contribution in [0.4, 0.5) is 15.6 Å².